The number of nitrogens with zero attached hydrogens (tertiary/aromatic N) is 2. The van der Waals surface area contributed by atoms with Gasteiger partial charge >= 0.3 is 0 Å². The van der Waals surface area contributed by atoms with Crippen molar-refractivity contribution in [2.45, 2.75) is 13.8 Å². The van der Waals surface area contributed by atoms with Gasteiger partial charge in [-0.25, -0.2) is 4.98 Å². The highest BCUT2D eigenvalue weighted by Crippen LogP contribution is 2.14. The lowest BCUT2D eigenvalue weighted by Crippen LogP contribution is -2.40. The molecule has 0 spiro atoms. The van der Waals surface area contributed by atoms with Gasteiger partial charge in [0.1, 0.15) is 0 Å². The summed E-state index contributed by atoms with van der Waals surface area (Å²) in [4.78, 5) is 17.3. The summed E-state index contributed by atoms with van der Waals surface area (Å²) in [6.45, 7) is 5.59. The summed E-state index contributed by atoms with van der Waals surface area (Å²) in [6, 6.07) is 2.61. The summed E-state index contributed by atoms with van der Waals surface area (Å²) in [5, 5.41) is 2.84. The second-order valence-corrected chi connectivity index (χ2v) is 5.45. The highest BCUT2D eigenvalue weighted by atomic mass is 19.1. The van der Waals surface area contributed by atoms with Gasteiger partial charge in [-0.2, -0.15) is 4.39 Å². The van der Waals surface area contributed by atoms with Crippen molar-refractivity contribution in [3.8, 4) is 0 Å². The number of hydrogen-bond donors (Lipinski definition) is 1. The van der Waals surface area contributed by atoms with Crippen LogP contribution in [-0.2, 0) is 0 Å². The third-order valence-corrected chi connectivity index (χ3v) is 2.46. The van der Waals surface area contributed by atoms with E-state index in [9.17, 15) is 9.18 Å². The van der Waals surface area contributed by atoms with Crippen LogP contribution in [0, 0.1) is 11.4 Å². The molecule has 1 N–H and O–H groups in total. The molecule has 0 saturated heterocycles. The standard InChI is InChI=1S/C13H20FN3O/c1-13(2,9-17(3)4)8-16-12(18)10-5-6-11(14)15-7-10/h5-7H,8-9H2,1-4H3,(H,16,18). The van der Waals surface area contributed by atoms with E-state index in [2.05, 4.69) is 29.0 Å². The van der Waals surface area contributed by atoms with Gasteiger partial charge in [0.2, 0.25) is 5.95 Å². The fourth-order valence-electron chi connectivity index (χ4n) is 1.84. The predicted octanol–water partition coefficient (Wildman–Crippen LogP) is 1.54. The number of amides is 1. The fourth-order valence-corrected chi connectivity index (χ4v) is 1.84. The van der Waals surface area contributed by atoms with Crippen LogP contribution in [0.1, 0.15) is 24.2 Å². The first-order chi connectivity index (χ1) is 8.30. The predicted molar refractivity (Wildman–Crippen MR) is 68.9 cm³/mol. The number of hydrogen-bond acceptors (Lipinski definition) is 3. The van der Waals surface area contributed by atoms with Gasteiger partial charge in [-0.15, -0.1) is 0 Å². The molecule has 0 bridgehead atoms. The van der Waals surface area contributed by atoms with Crippen molar-refractivity contribution in [1.29, 1.82) is 0 Å². The van der Waals surface area contributed by atoms with Crippen molar-refractivity contribution < 1.29 is 9.18 Å². The molecule has 1 aromatic rings. The highest BCUT2D eigenvalue weighted by Gasteiger charge is 2.20. The number of pyridine rings is 1. The Kier molecular flexibility index (Phi) is 4.78. The van der Waals surface area contributed by atoms with Crippen LogP contribution < -0.4 is 5.32 Å². The molecule has 0 aliphatic heterocycles. The number of halogens is 1. The number of rotatable bonds is 5. The molecule has 1 rings (SSSR count). The van der Waals surface area contributed by atoms with E-state index in [4.69, 9.17) is 0 Å². The average molecular weight is 253 g/mol. The molecule has 0 saturated carbocycles. The summed E-state index contributed by atoms with van der Waals surface area (Å²) >= 11 is 0. The zero-order chi connectivity index (χ0) is 13.8. The maximum atomic E-state index is 12.6. The molecule has 1 aromatic heterocycles. The maximum Gasteiger partial charge on any atom is 0.252 e. The van der Waals surface area contributed by atoms with Crippen LogP contribution in [0.3, 0.4) is 0 Å². The van der Waals surface area contributed by atoms with E-state index in [0.717, 1.165) is 6.54 Å². The molecule has 1 heterocycles. The van der Waals surface area contributed by atoms with Crippen LogP contribution in [-0.4, -0.2) is 43.0 Å². The molecule has 18 heavy (non-hydrogen) atoms. The zero-order valence-electron chi connectivity index (χ0n) is 11.3. The van der Waals surface area contributed by atoms with E-state index in [0.29, 0.717) is 12.1 Å². The second-order valence-electron chi connectivity index (χ2n) is 5.45. The maximum absolute atomic E-state index is 12.6. The third-order valence-electron chi connectivity index (χ3n) is 2.46. The van der Waals surface area contributed by atoms with Crippen LogP contribution >= 0.6 is 0 Å². The van der Waals surface area contributed by atoms with Crippen molar-refractivity contribution in [1.82, 2.24) is 15.2 Å². The first kappa shape index (κ1) is 14.6. The molecule has 0 aliphatic carbocycles. The van der Waals surface area contributed by atoms with Gasteiger partial charge in [0, 0.05) is 19.3 Å². The first-order valence-corrected chi connectivity index (χ1v) is 5.85. The minimum absolute atomic E-state index is 0.0212. The van der Waals surface area contributed by atoms with Crippen LogP contribution in [0.5, 0.6) is 0 Å². The third kappa shape index (κ3) is 4.79. The Balaban J connectivity index is 2.53. The zero-order valence-corrected chi connectivity index (χ0v) is 11.3. The highest BCUT2D eigenvalue weighted by molar-refractivity contribution is 5.93. The van der Waals surface area contributed by atoms with Gasteiger partial charge in [-0.05, 0) is 31.6 Å². The Morgan fingerprint density at radius 3 is 2.61 bits per heavy atom. The topological polar surface area (TPSA) is 45.2 Å². The van der Waals surface area contributed by atoms with Crippen molar-refractivity contribution in [3.05, 3.63) is 29.8 Å². The van der Waals surface area contributed by atoms with Crippen LogP contribution in [0.15, 0.2) is 18.3 Å². The molecule has 0 fully saturated rings. The van der Waals surface area contributed by atoms with Gasteiger partial charge < -0.3 is 10.2 Å². The van der Waals surface area contributed by atoms with Crippen LogP contribution in [0.4, 0.5) is 4.39 Å². The number of carbonyl (C=O) groups excluding carboxylic acids is 1. The Bertz CT molecular complexity index is 401. The first-order valence-electron chi connectivity index (χ1n) is 5.85. The van der Waals surface area contributed by atoms with E-state index in [1.54, 1.807) is 0 Å². The van der Waals surface area contributed by atoms with Gasteiger partial charge in [0.25, 0.3) is 5.91 Å². The van der Waals surface area contributed by atoms with Crippen molar-refractivity contribution in [2.75, 3.05) is 27.2 Å². The quantitative estimate of drug-likeness (QED) is 0.810. The molecule has 0 radical (unpaired) electrons. The Hall–Kier alpha value is -1.49. The Morgan fingerprint density at radius 2 is 2.11 bits per heavy atom. The Labute approximate surface area is 107 Å². The molecule has 0 unspecified atom stereocenters. The molecule has 0 atom stereocenters. The van der Waals surface area contributed by atoms with Crippen molar-refractivity contribution in [3.63, 3.8) is 0 Å². The van der Waals surface area contributed by atoms with E-state index in [-0.39, 0.29) is 11.3 Å². The lowest BCUT2D eigenvalue weighted by atomic mass is 9.93. The molecular weight excluding hydrogens is 233 g/mol. The van der Waals surface area contributed by atoms with Crippen molar-refractivity contribution >= 4 is 5.91 Å². The molecule has 5 heteroatoms. The van der Waals surface area contributed by atoms with Gasteiger partial charge in [-0.3, -0.25) is 4.79 Å². The molecule has 0 aliphatic rings. The van der Waals surface area contributed by atoms with E-state index in [1.807, 2.05) is 14.1 Å². The lowest BCUT2D eigenvalue weighted by Gasteiger charge is -2.28. The molecular formula is C13H20FN3O. The van der Waals surface area contributed by atoms with Gasteiger partial charge in [0.05, 0.1) is 5.56 Å². The summed E-state index contributed by atoms with van der Waals surface area (Å²) in [6.07, 6.45) is 1.24. The summed E-state index contributed by atoms with van der Waals surface area (Å²) in [5.41, 5.74) is 0.351. The number of carbonyl (C=O) groups is 1. The van der Waals surface area contributed by atoms with E-state index in [1.165, 1.54) is 18.3 Å². The molecule has 0 aromatic carbocycles. The second kappa shape index (κ2) is 5.91. The minimum atomic E-state index is -0.584. The SMILES string of the molecule is CN(C)CC(C)(C)CNC(=O)c1ccc(F)nc1. The van der Waals surface area contributed by atoms with Gasteiger partial charge in [-0.1, -0.05) is 13.8 Å². The monoisotopic (exact) mass is 253 g/mol. The molecule has 1 amide bonds. The van der Waals surface area contributed by atoms with Crippen molar-refractivity contribution in [2.24, 2.45) is 5.41 Å². The average Bonchev–Trinajstić information content (AvgIpc) is 2.25. The Morgan fingerprint density at radius 1 is 1.44 bits per heavy atom. The van der Waals surface area contributed by atoms with Crippen LogP contribution in [0.2, 0.25) is 0 Å². The lowest BCUT2D eigenvalue weighted by molar-refractivity contribution is 0.0928. The van der Waals surface area contributed by atoms with Crippen LogP contribution in [0.25, 0.3) is 0 Å². The molecule has 4 nitrogen and oxygen atoms in total. The fraction of sp³-hybridized carbons (Fsp3) is 0.538. The van der Waals surface area contributed by atoms with E-state index < -0.39 is 5.95 Å². The minimum Gasteiger partial charge on any atom is -0.351 e. The largest absolute Gasteiger partial charge is 0.351 e. The summed E-state index contributed by atoms with van der Waals surface area (Å²) in [7, 11) is 3.99. The summed E-state index contributed by atoms with van der Waals surface area (Å²) in [5.74, 6) is -0.811. The van der Waals surface area contributed by atoms with E-state index >= 15 is 0 Å². The normalized spacial score (nSPS) is 11.7. The van der Waals surface area contributed by atoms with Gasteiger partial charge in [0.15, 0.2) is 0 Å². The number of nitrogens with one attached hydrogen (secondary N) is 1. The smallest absolute Gasteiger partial charge is 0.252 e. The summed E-state index contributed by atoms with van der Waals surface area (Å²) < 4.78 is 12.6. The molecule has 100 valence electrons. The number of aromatic nitrogens is 1.